The number of rotatable bonds is 6. The molecule has 0 radical (unpaired) electrons. The fourth-order valence-electron chi connectivity index (χ4n) is 1.37. The molecule has 0 saturated heterocycles. The molecular weight excluding hydrogens is 288 g/mol. The molecule has 0 amide bonds. The van der Waals surface area contributed by atoms with Crippen LogP contribution in [0, 0.1) is 13.8 Å². The zero-order valence-corrected chi connectivity index (χ0v) is 13.1. The molecule has 0 fully saturated rings. The van der Waals surface area contributed by atoms with E-state index in [9.17, 15) is 0 Å². The Bertz CT molecular complexity index is 535. The van der Waals surface area contributed by atoms with Crippen LogP contribution in [0.15, 0.2) is 47.0 Å². The SMILES string of the molecule is Cc1ccnc(SCC=CCSc2nccc(C)n2)n1. The topological polar surface area (TPSA) is 51.6 Å². The van der Waals surface area contributed by atoms with Crippen molar-refractivity contribution >= 4 is 23.5 Å². The Balaban J connectivity index is 1.69. The fraction of sp³-hybridized carbons (Fsp3) is 0.286. The van der Waals surface area contributed by atoms with Gasteiger partial charge in [0, 0.05) is 35.3 Å². The first-order valence-electron chi connectivity index (χ1n) is 6.24. The molecule has 2 aromatic rings. The Hall–Kier alpha value is -1.40. The molecule has 4 nitrogen and oxygen atoms in total. The lowest BCUT2D eigenvalue weighted by atomic mass is 10.5. The van der Waals surface area contributed by atoms with Crippen LogP contribution >= 0.6 is 23.5 Å². The molecule has 0 aliphatic carbocycles. The number of aryl methyl sites for hydroxylation is 2. The van der Waals surface area contributed by atoms with Crippen molar-refractivity contribution in [2.75, 3.05) is 11.5 Å². The maximum absolute atomic E-state index is 4.34. The van der Waals surface area contributed by atoms with Crippen molar-refractivity contribution in [1.82, 2.24) is 19.9 Å². The van der Waals surface area contributed by atoms with Crippen molar-refractivity contribution in [2.24, 2.45) is 0 Å². The molecule has 0 aromatic carbocycles. The van der Waals surface area contributed by atoms with Gasteiger partial charge >= 0.3 is 0 Å². The van der Waals surface area contributed by atoms with Crippen LogP contribution in [0.5, 0.6) is 0 Å². The van der Waals surface area contributed by atoms with Crippen LogP contribution in [-0.2, 0) is 0 Å². The number of thioether (sulfide) groups is 2. The highest BCUT2D eigenvalue weighted by molar-refractivity contribution is 7.99. The fourth-order valence-corrected chi connectivity index (χ4v) is 2.82. The van der Waals surface area contributed by atoms with E-state index < -0.39 is 0 Å². The Kier molecular flexibility index (Phi) is 6.01. The van der Waals surface area contributed by atoms with E-state index in [2.05, 4.69) is 32.1 Å². The van der Waals surface area contributed by atoms with E-state index in [1.165, 1.54) is 0 Å². The van der Waals surface area contributed by atoms with Crippen LogP contribution in [0.2, 0.25) is 0 Å². The van der Waals surface area contributed by atoms with E-state index >= 15 is 0 Å². The average Bonchev–Trinajstić information content (AvgIpc) is 2.43. The number of nitrogens with zero attached hydrogens (tertiary/aromatic N) is 4. The van der Waals surface area contributed by atoms with E-state index in [0.717, 1.165) is 33.2 Å². The summed E-state index contributed by atoms with van der Waals surface area (Å²) in [6, 6.07) is 3.80. The van der Waals surface area contributed by atoms with Crippen molar-refractivity contribution in [1.29, 1.82) is 0 Å². The molecule has 6 heteroatoms. The lowest BCUT2D eigenvalue weighted by molar-refractivity contribution is 0.933. The van der Waals surface area contributed by atoms with Crippen LogP contribution in [0.4, 0.5) is 0 Å². The minimum atomic E-state index is 0.823. The first-order valence-corrected chi connectivity index (χ1v) is 8.21. The predicted molar refractivity (Wildman–Crippen MR) is 84.1 cm³/mol. The summed E-state index contributed by atoms with van der Waals surface area (Å²) in [7, 11) is 0. The third-order valence-corrected chi connectivity index (χ3v) is 3.96. The van der Waals surface area contributed by atoms with Gasteiger partial charge in [-0.15, -0.1) is 0 Å². The summed E-state index contributed by atoms with van der Waals surface area (Å²) in [6.45, 7) is 3.94. The Morgan fingerprint density at radius 2 is 1.30 bits per heavy atom. The lowest BCUT2D eigenvalue weighted by Gasteiger charge is -1.98. The summed E-state index contributed by atoms with van der Waals surface area (Å²) in [5.41, 5.74) is 2.00. The molecule has 2 rings (SSSR count). The van der Waals surface area contributed by atoms with Gasteiger partial charge < -0.3 is 0 Å². The highest BCUT2D eigenvalue weighted by Gasteiger charge is 1.96. The first-order chi connectivity index (χ1) is 9.74. The van der Waals surface area contributed by atoms with Crippen LogP contribution in [-0.4, -0.2) is 31.4 Å². The van der Waals surface area contributed by atoms with Gasteiger partial charge in [-0.05, 0) is 26.0 Å². The third kappa shape index (κ3) is 5.30. The molecule has 2 heterocycles. The van der Waals surface area contributed by atoms with Gasteiger partial charge in [0.25, 0.3) is 0 Å². The number of hydrogen-bond donors (Lipinski definition) is 0. The average molecular weight is 304 g/mol. The zero-order chi connectivity index (χ0) is 14.2. The van der Waals surface area contributed by atoms with Crippen LogP contribution in [0.1, 0.15) is 11.4 Å². The van der Waals surface area contributed by atoms with Crippen molar-refractivity contribution in [3.8, 4) is 0 Å². The second-order valence-electron chi connectivity index (χ2n) is 4.05. The Labute approximate surface area is 127 Å². The second kappa shape index (κ2) is 8.01. The van der Waals surface area contributed by atoms with Gasteiger partial charge in [-0.2, -0.15) is 0 Å². The smallest absolute Gasteiger partial charge is 0.188 e. The van der Waals surface area contributed by atoms with Crippen molar-refractivity contribution < 1.29 is 0 Å². The van der Waals surface area contributed by atoms with Gasteiger partial charge in [0.2, 0.25) is 0 Å². The van der Waals surface area contributed by atoms with Crippen LogP contribution in [0.25, 0.3) is 0 Å². The zero-order valence-electron chi connectivity index (χ0n) is 11.5. The molecular formula is C14H16N4S2. The summed E-state index contributed by atoms with van der Waals surface area (Å²) in [5.74, 6) is 1.75. The quantitative estimate of drug-likeness (QED) is 0.463. The molecule has 104 valence electrons. The minimum Gasteiger partial charge on any atom is -0.231 e. The Morgan fingerprint density at radius 3 is 1.70 bits per heavy atom. The normalized spacial score (nSPS) is 11.1. The highest BCUT2D eigenvalue weighted by Crippen LogP contribution is 2.14. The standard InChI is InChI=1S/C14H16N4S2/c1-11-5-7-15-13(17-11)19-9-3-4-10-20-14-16-8-6-12(2)18-14/h3-8H,9-10H2,1-2H3. The third-order valence-electron chi connectivity index (χ3n) is 2.33. The van der Waals surface area contributed by atoms with Gasteiger partial charge in [-0.1, -0.05) is 35.7 Å². The molecule has 0 N–H and O–H groups in total. The highest BCUT2D eigenvalue weighted by atomic mass is 32.2. The van der Waals surface area contributed by atoms with Crippen molar-refractivity contribution in [2.45, 2.75) is 24.2 Å². The van der Waals surface area contributed by atoms with Crippen molar-refractivity contribution in [3.05, 3.63) is 48.1 Å². The van der Waals surface area contributed by atoms with E-state index in [1.54, 1.807) is 35.9 Å². The van der Waals surface area contributed by atoms with E-state index in [0.29, 0.717) is 0 Å². The molecule has 0 spiro atoms. The van der Waals surface area contributed by atoms with Crippen molar-refractivity contribution in [3.63, 3.8) is 0 Å². The first kappa shape index (κ1) is 15.0. The summed E-state index contributed by atoms with van der Waals surface area (Å²) < 4.78 is 0. The van der Waals surface area contributed by atoms with E-state index in [-0.39, 0.29) is 0 Å². The molecule has 0 bridgehead atoms. The summed E-state index contributed by atoms with van der Waals surface area (Å²) in [6.07, 6.45) is 7.83. The number of aromatic nitrogens is 4. The summed E-state index contributed by atoms with van der Waals surface area (Å²) in [5, 5.41) is 1.65. The maximum Gasteiger partial charge on any atom is 0.188 e. The van der Waals surface area contributed by atoms with Gasteiger partial charge in [-0.3, -0.25) is 0 Å². The van der Waals surface area contributed by atoms with Crippen LogP contribution in [0.3, 0.4) is 0 Å². The molecule has 0 unspecified atom stereocenters. The van der Waals surface area contributed by atoms with Crippen LogP contribution < -0.4 is 0 Å². The maximum atomic E-state index is 4.34. The molecule has 0 saturated carbocycles. The van der Waals surface area contributed by atoms with Gasteiger partial charge in [0.15, 0.2) is 10.3 Å². The molecule has 20 heavy (non-hydrogen) atoms. The van der Waals surface area contributed by atoms with Gasteiger partial charge in [0.1, 0.15) is 0 Å². The largest absolute Gasteiger partial charge is 0.231 e. The lowest BCUT2D eigenvalue weighted by Crippen LogP contribution is -1.89. The predicted octanol–water partition coefficient (Wildman–Crippen LogP) is 3.32. The molecule has 0 aliphatic rings. The van der Waals surface area contributed by atoms with Gasteiger partial charge in [-0.25, -0.2) is 19.9 Å². The summed E-state index contributed by atoms with van der Waals surface area (Å²) >= 11 is 3.27. The molecule has 2 aromatic heterocycles. The Morgan fingerprint density at radius 1 is 0.850 bits per heavy atom. The second-order valence-corrected chi connectivity index (χ2v) is 6.03. The monoisotopic (exact) mass is 304 g/mol. The molecule has 0 atom stereocenters. The van der Waals surface area contributed by atoms with E-state index in [1.807, 2.05) is 26.0 Å². The molecule has 0 aliphatic heterocycles. The van der Waals surface area contributed by atoms with E-state index in [4.69, 9.17) is 0 Å². The minimum absolute atomic E-state index is 0.823. The number of hydrogen-bond acceptors (Lipinski definition) is 6. The summed E-state index contributed by atoms with van der Waals surface area (Å²) in [4.78, 5) is 17.1. The van der Waals surface area contributed by atoms with Gasteiger partial charge in [0.05, 0.1) is 0 Å².